The van der Waals surface area contributed by atoms with Crippen molar-refractivity contribution in [1.29, 1.82) is 0 Å². The maximum Gasteiger partial charge on any atom is 0.335 e. The van der Waals surface area contributed by atoms with E-state index in [0.717, 1.165) is 22.4 Å². The zero-order valence-corrected chi connectivity index (χ0v) is 15.0. The topological polar surface area (TPSA) is 107 Å². The zero-order chi connectivity index (χ0) is 19.7. The molecule has 7 heteroatoms. The van der Waals surface area contributed by atoms with Crippen molar-refractivity contribution in [3.8, 4) is 11.3 Å². The summed E-state index contributed by atoms with van der Waals surface area (Å²) in [5, 5.41) is 26.1. The Labute approximate surface area is 168 Å². The number of aliphatic hydroxyl groups excluding tert-OH is 1. The molecule has 2 heterocycles. The molecule has 0 aliphatic carbocycles. The van der Waals surface area contributed by atoms with Gasteiger partial charge in [0, 0.05) is 11.1 Å². The second-order valence-corrected chi connectivity index (χ2v) is 6.75. The summed E-state index contributed by atoms with van der Waals surface area (Å²) >= 11 is 0. The van der Waals surface area contributed by atoms with Crippen LogP contribution in [0.25, 0.3) is 11.3 Å². The minimum absolute atomic E-state index is 0. The number of carbonyl (C=O) groups excluding carboxylic acids is 1. The Bertz CT molecular complexity index is 1010. The second-order valence-electron chi connectivity index (χ2n) is 6.75. The number of carboxylic acids is 1. The first-order valence-electron chi connectivity index (χ1n) is 8.93. The molecule has 3 N–H and O–H groups in total. The number of nitrogens with one attached hydrogen (secondary N) is 1. The summed E-state index contributed by atoms with van der Waals surface area (Å²) in [6, 6.07) is 15.7. The van der Waals surface area contributed by atoms with Gasteiger partial charge in [-0.2, -0.15) is 5.10 Å². The molecule has 1 atom stereocenters. The molecule has 1 aromatic heterocycles. The lowest BCUT2D eigenvalue weighted by Gasteiger charge is -2.22. The van der Waals surface area contributed by atoms with Crippen LogP contribution in [0.5, 0.6) is 0 Å². The molecule has 2 aromatic carbocycles. The molecule has 0 bridgehead atoms. The number of aromatic nitrogens is 2. The van der Waals surface area contributed by atoms with Crippen LogP contribution in [0.2, 0.25) is 0 Å². The average molecular weight is 393 g/mol. The summed E-state index contributed by atoms with van der Waals surface area (Å²) in [6.07, 6.45) is 0. The van der Waals surface area contributed by atoms with Crippen molar-refractivity contribution in [2.45, 2.75) is 26.4 Å². The molecule has 0 fully saturated rings. The van der Waals surface area contributed by atoms with Gasteiger partial charge in [-0.05, 0) is 17.7 Å². The van der Waals surface area contributed by atoms with Crippen molar-refractivity contribution in [1.82, 2.24) is 15.1 Å². The van der Waals surface area contributed by atoms with Crippen molar-refractivity contribution < 1.29 is 19.8 Å². The Morgan fingerprint density at radius 2 is 1.76 bits per heavy atom. The minimum Gasteiger partial charge on any atom is -0.478 e. The summed E-state index contributed by atoms with van der Waals surface area (Å²) < 4.78 is 0. The van der Waals surface area contributed by atoms with E-state index in [1.807, 2.05) is 30.3 Å². The van der Waals surface area contributed by atoms with Gasteiger partial charge in [0.2, 0.25) is 5.91 Å². The molecule has 7 nitrogen and oxygen atoms in total. The third kappa shape index (κ3) is 3.77. The zero-order valence-electron chi connectivity index (χ0n) is 15.0. The van der Waals surface area contributed by atoms with Crippen molar-refractivity contribution in [2.24, 2.45) is 0 Å². The molecule has 1 aliphatic heterocycles. The monoisotopic (exact) mass is 393 g/mol. The maximum atomic E-state index is 13.0. The Kier molecular flexibility index (Phi) is 5.79. The Morgan fingerprint density at radius 3 is 2.38 bits per heavy atom. The number of H-pyrrole nitrogens is 1. The van der Waals surface area contributed by atoms with E-state index in [9.17, 15) is 14.7 Å². The standard InChI is InChI=1S/C21H19N3O4.CH4/c25-12-17(13-4-2-1-3-5-13)20(26)24-10-16-18(11-24)22-23-19(16)14-6-8-15(9-7-14)21(27)28;/h1-9,17,25H,10-12H2,(H,22,23)(H,27,28);1H4. The quantitative estimate of drug-likeness (QED) is 0.618. The highest BCUT2D eigenvalue weighted by Crippen LogP contribution is 2.32. The molecule has 0 radical (unpaired) electrons. The van der Waals surface area contributed by atoms with Gasteiger partial charge in [-0.25, -0.2) is 4.79 Å². The van der Waals surface area contributed by atoms with Crippen LogP contribution < -0.4 is 0 Å². The molecule has 4 rings (SSSR count). The Hall–Kier alpha value is -3.45. The van der Waals surface area contributed by atoms with Gasteiger partial charge in [-0.3, -0.25) is 9.89 Å². The predicted octanol–water partition coefficient (Wildman–Crippen LogP) is 3.03. The molecule has 0 saturated carbocycles. The lowest BCUT2D eigenvalue weighted by Crippen LogP contribution is -2.32. The van der Waals surface area contributed by atoms with Crippen LogP contribution in [0.15, 0.2) is 54.6 Å². The molecular formula is C22H23N3O4. The van der Waals surface area contributed by atoms with Gasteiger partial charge in [0.1, 0.15) is 0 Å². The van der Waals surface area contributed by atoms with Gasteiger partial charge in [-0.15, -0.1) is 0 Å². The van der Waals surface area contributed by atoms with Crippen LogP contribution in [0.4, 0.5) is 0 Å². The first-order chi connectivity index (χ1) is 13.6. The SMILES string of the molecule is C.O=C(O)c1ccc(-c2n[nH]c3c2CN(C(=O)C(CO)c2ccccc2)C3)cc1. The number of benzene rings is 2. The number of aromatic amines is 1. The number of carboxylic acid groups (broad SMARTS) is 1. The van der Waals surface area contributed by atoms with Crippen LogP contribution >= 0.6 is 0 Å². The molecule has 3 aromatic rings. The number of carbonyl (C=O) groups is 2. The highest BCUT2D eigenvalue weighted by atomic mass is 16.4. The smallest absolute Gasteiger partial charge is 0.335 e. The number of hydrogen-bond donors (Lipinski definition) is 3. The van der Waals surface area contributed by atoms with Crippen LogP contribution in [0, 0.1) is 0 Å². The number of nitrogens with zero attached hydrogens (tertiary/aromatic N) is 2. The van der Waals surface area contributed by atoms with E-state index in [1.54, 1.807) is 17.0 Å². The van der Waals surface area contributed by atoms with Crippen molar-refractivity contribution in [3.05, 3.63) is 77.0 Å². The van der Waals surface area contributed by atoms with E-state index in [4.69, 9.17) is 5.11 Å². The molecule has 0 spiro atoms. The number of aromatic carboxylic acids is 1. The summed E-state index contributed by atoms with van der Waals surface area (Å²) in [7, 11) is 0. The molecule has 150 valence electrons. The fourth-order valence-electron chi connectivity index (χ4n) is 3.54. The van der Waals surface area contributed by atoms with E-state index < -0.39 is 11.9 Å². The number of aliphatic hydroxyl groups is 1. The van der Waals surface area contributed by atoms with Gasteiger partial charge in [0.25, 0.3) is 0 Å². The van der Waals surface area contributed by atoms with E-state index in [1.165, 1.54) is 12.1 Å². The van der Waals surface area contributed by atoms with Gasteiger partial charge in [0.05, 0.1) is 42.6 Å². The molecule has 29 heavy (non-hydrogen) atoms. The van der Waals surface area contributed by atoms with Crippen LogP contribution in [-0.4, -0.2) is 43.8 Å². The third-order valence-corrected chi connectivity index (χ3v) is 5.05. The summed E-state index contributed by atoms with van der Waals surface area (Å²) in [5.41, 5.74) is 4.27. The maximum absolute atomic E-state index is 13.0. The fraction of sp³-hybridized carbons (Fsp3) is 0.227. The van der Waals surface area contributed by atoms with Gasteiger partial charge < -0.3 is 15.1 Å². The molecule has 1 unspecified atom stereocenters. The number of rotatable bonds is 5. The molecule has 1 aliphatic rings. The van der Waals surface area contributed by atoms with Crippen molar-refractivity contribution >= 4 is 11.9 Å². The van der Waals surface area contributed by atoms with Gasteiger partial charge in [-0.1, -0.05) is 49.9 Å². The second kappa shape index (κ2) is 8.28. The fourth-order valence-corrected chi connectivity index (χ4v) is 3.54. The highest BCUT2D eigenvalue weighted by molar-refractivity contribution is 5.88. The molecular weight excluding hydrogens is 370 g/mol. The Morgan fingerprint density at radius 1 is 1.07 bits per heavy atom. The lowest BCUT2D eigenvalue weighted by molar-refractivity contribution is -0.134. The lowest BCUT2D eigenvalue weighted by atomic mass is 9.98. The summed E-state index contributed by atoms with van der Waals surface area (Å²) in [6.45, 7) is 0.538. The van der Waals surface area contributed by atoms with Crippen molar-refractivity contribution in [2.75, 3.05) is 6.61 Å². The number of amides is 1. The highest BCUT2D eigenvalue weighted by Gasteiger charge is 2.32. The predicted molar refractivity (Wildman–Crippen MR) is 108 cm³/mol. The van der Waals surface area contributed by atoms with E-state index in [-0.39, 0.29) is 25.5 Å². The molecule has 1 amide bonds. The third-order valence-electron chi connectivity index (χ3n) is 5.05. The average Bonchev–Trinajstić information content (AvgIpc) is 3.30. The van der Waals surface area contributed by atoms with E-state index in [2.05, 4.69) is 10.2 Å². The number of fused-ring (bicyclic) bond motifs is 1. The van der Waals surface area contributed by atoms with Crippen LogP contribution in [-0.2, 0) is 17.9 Å². The summed E-state index contributed by atoms with van der Waals surface area (Å²) in [4.78, 5) is 25.7. The molecule has 0 saturated heterocycles. The number of hydrogen-bond acceptors (Lipinski definition) is 4. The minimum atomic E-state index is -0.980. The van der Waals surface area contributed by atoms with Crippen LogP contribution in [0.1, 0.15) is 40.5 Å². The normalized spacial score (nSPS) is 13.5. The summed E-state index contributed by atoms with van der Waals surface area (Å²) in [5.74, 6) is -1.71. The van der Waals surface area contributed by atoms with Gasteiger partial charge >= 0.3 is 5.97 Å². The van der Waals surface area contributed by atoms with Gasteiger partial charge in [0.15, 0.2) is 0 Å². The largest absolute Gasteiger partial charge is 0.478 e. The van der Waals surface area contributed by atoms with E-state index >= 15 is 0 Å². The Balaban J connectivity index is 0.00000240. The van der Waals surface area contributed by atoms with E-state index in [0.29, 0.717) is 18.8 Å². The van der Waals surface area contributed by atoms with Crippen molar-refractivity contribution in [3.63, 3.8) is 0 Å². The van der Waals surface area contributed by atoms with Crippen LogP contribution in [0.3, 0.4) is 0 Å². The first-order valence-corrected chi connectivity index (χ1v) is 8.93. The first kappa shape index (κ1) is 20.3.